The second-order valence-electron chi connectivity index (χ2n) is 5.67. The highest BCUT2D eigenvalue weighted by Gasteiger charge is 2.07. The molecule has 0 aliphatic carbocycles. The second kappa shape index (κ2) is 8.62. The van der Waals surface area contributed by atoms with Crippen LogP contribution in [0.3, 0.4) is 0 Å². The molecule has 0 unspecified atom stereocenters. The quantitative estimate of drug-likeness (QED) is 0.477. The number of ether oxygens (including phenoxy) is 1. The number of hydrogen-bond acceptors (Lipinski definition) is 4. The van der Waals surface area contributed by atoms with Gasteiger partial charge in [-0.05, 0) is 48.0 Å². The summed E-state index contributed by atoms with van der Waals surface area (Å²) in [4.78, 5) is 11.1. The van der Waals surface area contributed by atoms with Gasteiger partial charge >= 0.3 is 5.97 Å². The molecule has 0 saturated carbocycles. The number of aromatic carboxylic acids is 1. The van der Waals surface area contributed by atoms with Crippen LogP contribution in [0.2, 0.25) is 0 Å². The SMILES string of the molecule is O=C(O)c1ccccc1N/N=C/c1ccc(OCc2ccccc2F)cc1. The number of hydrazone groups is 1. The maximum atomic E-state index is 13.6. The number of benzene rings is 3. The Balaban J connectivity index is 1.58. The van der Waals surface area contributed by atoms with E-state index in [1.165, 1.54) is 12.1 Å². The lowest BCUT2D eigenvalue weighted by molar-refractivity contribution is 0.0698. The third-order valence-electron chi connectivity index (χ3n) is 3.79. The Kier molecular flexibility index (Phi) is 5.79. The Labute approximate surface area is 155 Å². The summed E-state index contributed by atoms with van der Waals surface area (Å²) in [5.74, 6) is -0.710. The lowest BCUT2D eigenvalue weighted by Gasteiger charge is -2.07. The fourth-order valence-corrected chi connectivity index (χ4v) is 2.37. The van der Waals surface area contributed by atoms with Crippen molar-refractivity contribution in [1.82, 2.24) is 0 Å². The molecule has 0 atom stereocenters. The first-order valence-corrected chi connectivity index (χ1v) is 8.21. The Bertz CT molecular complexity index is 956. The Morgan fingerprint density at radius 2 is 1.74 bits per heavy atom. The zero-order valence-corrected chi connectivity index (χ0v) is 14.3. The summed E-state index contributed by atoms with van der Waals surface area (Å²) >= 11 is 0. The number of carboxylic acid groups (broad SMARTS) is 1. The predicted molar refractivity (Wildman–Crippen MR) is 102 cm³/mol. The normalized spacial score (nSPS) is 10.7. The molecule has 136 valence electrons. The van der Waals surface area contributed by atoms with Gasteiger partial charge in [0.1, 0.15) is 18.2 Å². The van der Waals surface area contributed by atoms with Crippen molar-refractivity contribution in [3.8, 4) is 5.75 Å². The molecule has 0 saturated heterocycles. The lowest BCUT2D eigenvalue weighted by atomic mass is 10.2. The number of anilines is 1. The molecular weight excluding hydrogens is 347 g/mol. The highest BCUT2D eigenvalue weighted by molar-refractivity contribution is 5.94. The molecule has 0 spiro atoms. The molecule has 3 aromatic carbocycles. The number of halogens is 1. The smallest absolute Gasteiger partial charge is 0.337 e. The van der Waals surface area contributed by atoms with E-state index in [0.29, 0.717) is 17.0 Å². The standard InChI is InChI=1S/C21H17FN2O3/c22-19-7-3-1-5-16(19)14-27-17-11-9-15(10-12-17)13-23-24-20-8-4-2-6-18(20)21(25)26/h1-13,24H,14H2,(H,25,26)/b23-13+. The first-order chi connectivity index (χ1) is 13.1. The van der Waals surface area contributed by atoms with Crippen molar-refractivity contribution in [3.05, 3.63) is 95.3 Å². The van der Waals surface area contributed by atoms with E-state index in [1.54, 1.807) is 66.9 Å². The van der Waals surface area contributed by atoms with Gasteiger partial charge in [0.05, 0.1) is 17.5 Å². The Hall–Kier alpha value is -3.67. The van der Waals surface area contributed by atoms with Gasteiger partial charge in [0.15, 0.2) is 0 Å². The summed E-state index contributed by atoms with van der Waals surface area (Å²) in [6.45, 7) is 0.146. The fraction of sp³-hybridized carbons (Fsp3) is 0.0476. The van der Waals surface area contributed by atoms with Crippen molar-refractivity contribution >= 4 is 17.9 Å². The van der Waals surface area contributed by atoms with E-state index in [1.807, 2.05) is 0 Å². The number of nitrogens with zero attached hydrogens (tertiary/aromatic N) is 1. The average molecular weight is 364 g/mol. The van der Waals surface area contributed by atoms with Crippen LogP contribution in [0.15, 0.2) is 77.9 Å². The third kappa shape index (κ3) is 4.92. The lowest BCUT2D eigenvalue weighted by Crippen LogP contribution is -2.02. The Morgan fingerprint density at radius 1 is 1.04 bits per heavy atom. The molecular formula is C21H17FN2O3. The van der Waals surface area contributed by atoms with Crippen LogP contribution in [-0.4, -0.2) is 17.3 Å². The van der Waals surface area contributed by atoms with Gasteiger partial charge in [-0.15, -0.1) is 0 Å². The minimum Gasteiger partial charge on any atom is -0.489 e. The molecule has 0 fully saturated rings. The molecule has 0 amide bonds. The predicted octanol–water partition coefficient (Wildman–Crippen LogP) is 4.55. The first kappa shape index (κ1) is 18.1. The summed E-state index contributed by atoms with van der Waals surface area (Å²) < 4.78 is 19.2. The van der Waals surface area contributed by atoms with Gasteiger partial charge in [-0.2, -0.15) is 5.10 Å². The van der Waals surface area contributed by atoms with E-state index >= 15 is 0 Å². The van der Waals surface area contributed by atoms with Gasteiger partial charge in [-0.1, -0.05) is 30.3 Å². The maximum absolute atomic E-state index is 13.6. The van der Waals surface area contributed by atoms with Crippen molar-refractivity contribution in [2.24, 2.45) is 5.10 Å². The van der Waals surface area contributed by atoms with Crippen LogP contribution in [0.1, 0.15) is 21.5 Å². The number of hydrogen-bond donors (Lipinski definition) is 2. The zero-order chi connectivity index (χ0) is 19.1. The van der Waals surface area contributed by atoms with Crippen LogP contribution in [0.5, 0.6) is 5.75 Å². The van der Waals surface area contributed by atoms with E-state index in [4.69, 9.17) is 9.84 Å². The van der Waals surface area contributed by atoms with Crippen molar-refractivity contribution in [3.63, 3.8) is 0 Å². The number of rotatable bonds is 7. The molecule has 3 rings (SSSR count). The number of carbonyl (C=O) groups is 1. The van der Waals surface area contributed by atoms with Crippen LogP contribution >= 0.6 is 0 Å². The van der Waals surface area contributed by atoms with Crippen molar-refractivity contribution in [2.75, 3.05) is 5.43 Å². The van der Waals surface area contributed by atoms with E-state index < -0.39 is 5.97 Å². The minimum atomic E-state index is -1.02. The molecule has 0 heterocycles. The van der Waals surface area contributed by atoms with Gasteiger partial charge in [0.25, 0.3) is 0 Å². The summed E-state index contributed by atoms with van der Waals surface area (Å²) in [7, 11) is 0. The van der Waals surface area contributed by atoms with Crippen LogP contribution in [0.25, 0.3) is 0 Å². The third-order valence-corrected chi connectivity index (χ3v) is 3.79. The van der Waals surface area contributed by atoms with Crippen LogP contribution in [0, 0.1) is 5.82 Å². The van der Waals surface area contributed by atoms with Gasteiger partial charge in [0.2, 0.25) is 0 Å². The summed E-state index contributed by atoms with van der Waals surface area (Å²) in [5, 5.41) is 13.2. The molecule has 2 N–H and O–H groups in total. The van der Waals surface area contributed by atoms with Gasteiger partial charge in [-0.3, -0.25) is 5.43 Å². The van der Waals surface area contributed by atoms with Crippen molar-refractivity contribution in [1.29, 1.82) is 0 Å². The monoisotopic (exact) mass is 364 g/mol. The largest absolute Gasteiger partial charge is 0.489 e. The van der Waals surface area contributed by atoms with Gasteiger partial charge in [0, 0.05) is 5.56 Å². The maximum Gasteiger partial charge on any atom is 0.337 e. The van der Waals surface area contributed by atoms with Crippen LogP contribution < -0.4 is 10.2 Å². The van der Waals surface area contributed by atoms with E-state index in [0.717, 1.165) is 5.56 Å². The first-order valence-electron chi connectivity index (χ1n) is 8.21. The fourth-order valence-electron chi connectivity index (χ4n) is 2.37. The van der Waals surface area contributed by atoms with Crippen molar-refractivity contribution < 1.29 is 19.0 Å². The van der Waals surface area contributed by atoms with E-state index in [2.05, 4.69) is 10.5 Å². The molecule has 6 heteroatoms. The highest BCUT2D eigenvalue weighted by atomic mass is 19.1. The van der Waals surface area contributed by atoms with Crippen LogP contribution in [0.4, 0.5) is 10.1 Å². The molecule has 0 aromatic heterocycles. The molecule has 0 aliphatic heterocycles. The summed E-state index contributed by atoms with van der Waals surface area (Å²) in [6.07, 6.45) is 1.57. The second-order valence-corrected chi connectivity index (χ2v) is 5.67. The minimum absolute atomic E-state index is 0.145. The number of para-hydroxylation sites is 1. The zero-order valence-electron chi connectivity index (χ0n) is 14.3. The van der Waals surface area contributed by atoms with Gasteiger partial charge in [-0.25, -0.2) is 9.18 Å². The molecule has 0 bridgehead atoms. The molecule has 5 nitrogen and oxygen atoms in total. The molecule has 27 heavy (non-hydrogen) atoms. The van der Waals surface area contributed by atoms with Gasteiger partial charge < -0.3 is 9.84 Å². The average Bonchev–Trinajstić information content (AvgIpc) is 2.69. The number of nitrogens with one attached hydrogen (secondary N) is 1. The number of carboxylic acids is 1. The molecule has 0 radical (unpaired) electrons. The summed E-state index contributed by atoms with van der Waals surface area (Å²) in [6, 6.07) is 20.1. The molecule has 3 aromatic rings. The van der Waals surface area contributed by atoms with E-state index in [9.17, 15) is 9.18 Å². The topological polar surface area (TPSA) is 70.9 Å². The highest BCUT2D eigenvalue weighted by Crippen LogP contribution is 2.16. The Morgan fingerprint density at radius 3 is 2.48 bits per heavy atom. The van der Waals surface area contributed by atoms with Crippen LogP contribution in [-0.2, 0) is 6.61 Å². The molecule has 0 aliphatic rings. The van der Waals surface area contributed by atoms with Crippen molar-refractivity contribution in [2.45, 2.75) is 6.61 Å². The summed E-state index contributed by atoms with van der Waals surface area (Å²) in [5.41, 5.74) is 4.57. The van der Waals surface area contributed by atoms with E-state index in [-0.39, 0.29) is 18.0 Å².